The Hall–Kier alpha value is -3.81. The topological polar surface area (TPSA) is 128 Å². The minimum absolute atomic E-state index is 0.0995. The van der Waals surface area contributed by atoms with Gasteiger partial charge in [0.25, 0.3) is 0 Å². The van der Waals surface area contributed by atoms with E-state index < -0.39 is 30.3 Å². The maximum atomic E-state index is 14.0. The van der Waals surface area contributed by atoms with Gasteiger partial charge in [0.15, 0.2) is 0 Å². The van der Waals surface area contributed by atoms with Gasteiger partial charge in [0.2, 0.25) is 16.2 Å². The van der Waals surface area contributed by atoms with E-state index in [-0.39, 0.29) is 16.7 Å². The molecule has 1 aliphatic carbocycles. The van der Waals surface area contributed by atoms with Crippen LogP contribution in [0.3, 0.4) is 0 Å². The van der Waals surface area contributed by atoms with Crippen LogP contribution in [0.2, 0.25) is 0 Å². The molecule has 1 aliphatic rings. The number of nitrogens with one attached hydrogen (secondary N) is 2. The van der Waals surface area contributed by atoms with Crippen molar-refractivity contribution in [2.75, 3.05) is 16.4 Å². The van der Waals surface area contributed by atoms with Crippen molar-refractivity contribution in [3.8, 4) is 5.75 Å². The number of nitrogens with zero attached hydrogens (tertiary/aromatic N) is 4. The Morgan fingerprint density at radius 3 is 2.63 bits per heavy atom. The summed E-state index contributed by atoms with van der Waals surface area (Å²) in [5.41, 5.74) is 7.18. The van der Waals surface area contributed by atoms with E-state index in [9.17, 15) is 22.4 Å². The van der Waals surface area contributed by atoms with Crippen LogP contribution in [-0.4, -0.2) is 38.7 Å². The van der Waals surface area contributed by atoms with Crippen LogP contribution in [0, 0.1) is 5.82 Å². The third-order valence-corrected chi connectivity index (χ3v) is 5.80. The number of carbonyl (C=O) groups is 1. The van der Waals surface area contributed by atoms with Gasteiger partial charge in [0, 0.05) is 11.6 Å². The Bertz CT molecular complexity index is 1230. The Labute approximate surface area is 200 Å². The monoisotopic (exact) mass is 509 g/mol. The van der Waals surface area contributed by atoms with Crippen LogP contribution >= 0.6 is 11.3 Å². The van der Waals surface area contributed by atoms with Crippen LogP contribution in [0.25, 0.3) is 5.57 Å². The predicted octanol–water partition coefficient (Wildman–Crippen LogP) is 4.18. The summed E-state index contributed by atoms with van der Waals surface area (Å²) in [6.45, 7) is 0. The maximum Gasteiger partial charge on any atom is 0.573 e. The van der Waals surface area contributed by atoms with Gasteiger partial charge in [-0.25, -0.2) is 4.39 Å². The highest BCUT2D eigenvalue weighted by Crippen LogP contribution is 2.29. The molecule has 1 aromatic carbocycles. The number of nitrogens with two attached hydrogens (primary N) is 1. The first-order valence-electron chi connectivity index (χ1n) is 10.4. The minimum Gasteiger partial charge on any atom is -0.406 e. The lowest BCUT2D eigenvalue weighted by Gasteiger charge is -2.22. The molecule has 14 heteroatoms. The highest BCUT2D eigenvalue weighted by atomic mass is 32.1. The number of anilines is 3. The molecule has 1 amide bonds. The molecule has 2 heterocycles. The number of hydrogen-bond donors (Lipinski definition) is 3. The number of rotatable bonds is 7. The summed E-state index contributed by atoms with van der Waals surface area (Å²) in [5, 5.41) is 22.2. The highest BCUT2D eigenvalue weighted by Gasteiger charge is 2.31. The number of halogens is 4. The number of ether oxygens (including phenoxy) is 1. The van der Waals surface area contributed by atoms with E-state index in [2.05, 4.69) is 41.8 Å². The smallest absolute Gasteiger partial charge is 0.406 e. The summed E-state index contributed by atoms with van der Waals surface area (Å²) in [5.74, 6) is -1.75. The molecule has 184 valence electrons. The van der Waals surface area contributed by atoms with Gasteiger partial charge in [-0.2, -0.15) is 0 Å². The SMILES string of the molecule is Nc1ccc(C2=CC[C@@H](Nc3nnc(NC(=O)Cc4cc(OC(F)(F)F)ccc4F)s3)CC2)nn1. The van der Waals surface area contributed by atoms with E-state index in [4.69, 9.17) is 5.73 Å². The van der Waals surface area contributed by atoms with Gasteiger partial charge in [-0.15, -0.1) is 33.6 Å². The molecule has 0 saturated heterocycles. The fourth-order valence-corrected chi connectivity index (χ4v) is 4.18. The Morgan fingerprint density at radius 2 is 1.94 bits per heavy atom. The molecule has 0 spiro atoms. The van der Waals surface area contributed by atoms with Gasteiger partial charge in [0.1, 0.15) is 17.4 Å². The molecule has 4 N–H and O–H groups in total. The second-order valence-electron chi connectivity index (χ2n) is 7.63. The van der Waals surface area contributed by atoms with Gasteiger partial charge in [-0.1, -0.05) is 17.4 Å². The third-order valence-electron chi connectivity index (χ3n) is 5.03. The number of carbonyl (C=O) groups excluding carboxylic acids is 1. The molecule has 0 bridgehead atoms. The predicted molar refractivity (Wildman–Crippen MR) is 121 cm³/mol. The maximum absolute atomic E-state index is 14.0. The van der Waals surface area contributed by atoms with Crippen molar-refractivity contribution in [3.63, 3.8) is 0 Å². The van der Waals surface area contributed by atoms with E-state index in [0.717, 1.165) is 60.1 Å². The van der Waals surface area contributed by atoms with Crippen molar-refractivity contribution in [1.29, 1.82) is 0 Å². The molecule has 9 nitrogen and oxygen atoms in total. The third kappa shape index (κ3) is 6.85. The summed E-state index contributed by atoms with van der Waals surface area (Å²) in [6.07, 6.45) is -1.05. The van der Waals surface area contributed by atoms with Crippen molar-refractivity contribution in [3.05, 3.63) is 53.5 Å². The van der Waals surface area contributed by atoms with Gasteiger partial charge in [-0.3, -0.25) is 4.79 Å². The lowest BCUT2D eigenvalue weighted by Crippen LogP contribution is -2.21. The van der Waals surface area contributed by atoms with Crippen LogP contribution in [-0.2, 0) is 11.2 Å². The number of benzene rings is 1. The van der Waals surface area contributed by atoms with E-state index in [0.29, 0.717) is 10.9 Å². The fourth-order valence-electron chi connectivity index (χ4n) is 3.44. The van der Waals surface area contributed by atoms with Crippen LogP contribution in [0.15, 0.2) is 36.4 Å². The van der Waals surface area contributed by atoms with Crippen LogP contribution < -0.4 is 21.1 Å². The quantitative estimate of drug-likeness (QED) is 0.405. The number of aromatic nitrogens is 4. The van der Waals surface area contributed by atoms with Crippen LogP contribution in [0.1, 0.15) is 30.5 Å². The summed E-state index contributed by atoms with van der Waals surface area (Å²) < 4.78 is 54.8. The summed E-state index contributed by atoms with van der Waals surface area (Å²) >= 11 is 1.09. The number of alkyl halides is 3. The van der Waals surface area contributed by atoms with Gasteiger partial charge in [0.05, 0.1) is 12.1 Å². The molecule has 1 atom stereocenters. The molecule has 0 saturated carbocycles. The summed E-state index contributed by atoms with van der Waals surface area (Å²) in [7, 11) is 0. The zero-order valence-corrected chi connectivity index (χ0v) is 18.8. The lowest BCUT2D eigenvalue weighted by atomic mass is 9.93. The zero-order valence-electron chi connectivity index (χ0n) is 18.0. The molecule has 3 aromatic rings. The molecule has 0 aliphatic heterocycles. The standard InChI is InChI=1S/C21H19F4N7O2S/c22-15-6-5-14(34-21(23,24)25)9-12(15)10-18(33)28-20-32-31-19(35-20)27-13-3-1-11(2-4-13)16-7-8-17(26)30-29-16/h1,5-9,13H,2-4,10H2,(H2,26,30)(H,27,31)(H,28,32,33)/t13-/m1/s1. The van der Waals surface area contributed by atoms with Crippen molar-refractivity contribution in [1.82, 2.24) is 20.4 Å². The number of amides is 1. The second-order valence-corrected chi connectivity index (χ2v) is 8.60. The molecule has 0 unspecified atom stereocenters. The number of hydrogen-bond acceptors (Lipinski definition) is 9. The van der Waals surface area contributed by atoms with Crippen molar-refractivity contribution in [2.45, 2.75) is 38.1 Å². The van der Waals surface area contributed by atoms with Crippen molar-refractivity contribution in [2.24, 2.45) is 0 Å². The minimum atomic E-state index is -4.92. The average molecular weight is 509 g/mol. The second kappa shape index (κ2) is 10.2. The molecule has 2 aromatic heterocycles. The first kappa shape index (κ1) is 24.3. The molecule has 4 rings (SSSR count). The Kier molecular flexibility index (Phi) is 7.10. The lowest BCUT2D eigenvalue weighted by molar-refractivity contribution is -0.274. The van der Waals surface area contributed by atoms with Crippen LogP contribution in [0.5, 0.6) is 5.75 Å². The first-order valence-corrected chi connectivity index (χ1v) is 11.2. The van der Waals surface area contributed by atoms with E-state index in [1.165, 1.54) is 0 Å². The Balaban J connectivity index is 1.30. The normalized spacial score (nSPS) is 15.9. The van der Waals surface area contributed by atoms with Gasteiger partial charge < -0.3 is 21.1 Å². The van der Waals surface area contributed by atoms with Crippen molar-refractivity contribution >= 4 is 38.9 Å². The molecular formula is C21H19F4N7O2S. The Morgan fingerprint density at radius 1 is 1.14 bits per heavy atom. The molecule has 0 fully saturated rings. The van der Waals surface area contributed by atoms with Crippen molar-refractivity contribution < 1.29 is 27.1 Å². The first-order chi connectivity index (χ1) is 16.6. The largest absolute Gasteiger partial charge is 0.573 e. The number of allylic oxidation sites excluding steroid dienone is 1. The fraction of sp³-hybridized carbons (Fsp3) is 0.286. The molecule has 0 radical (unpaired) electrons. The van der Waals surface area contributed by atoms with E-state index in [1.54, 1.807) is 6.07 Å². The molecule has 35 heavy (non-hydrogen) atoms. The summed E-state index contributed by atoms with van der Waals surface area (Å²) in [4.78, 5) is 12.3. The van der Waals surface area contributed by atoms with E-state index >= 15 is 0 Å². The van der Waals surface area contributed by atoms with Gasteiger partial charge >= 0.3 is 6.36 Å². The van der Waals surface area contributed by atoms with E-state index in [1.807, 2.05) is 6.07 Å². The summed E-state index contributed by atoms with van der Waals surface area (Å²) in [6, 6.07) is 6.09. The zero-order chi connectivity index (χ0) is 25.0. The highest BCUT2D eigenvalue weighted by molar-refractivity contribution is 7.19. The molecular weight excluding hydrogens is 490 g/mol. The van der Waals surface area contributed by atoms with Gasteiger partial charge in [-0.05, 0) is 55.2 Å². The number of nitrogen functional groups attached to an aromatic ring is 1. The average Bonchev–Trinajstić information content (AvgIpc) is 3.22. The van der Waals surface area contributed by atoms with Crippen LogP contribution in [0.4, 0.5) is 33.6 Å².